The summed E-state index contributed by atoms with van der Waals surface area (Å²) in [6, 6.07) is 20.6. The molecule has 0 saturated carbocycles. The van der Waals surface area contributed by atoms with Crippen LogP contribution in [0.4, 0.5) is 0 Å². The van der Waals surface area contributed by atoms with E-state index in [1.807, 2.05) is 54.6 Å². The largest absolute Gasteiger partial charge is 0.497 e. The average Bonchev–Trinajstić information content (AvgIpc) is 3.43. The van der Waals surface area contributed by atoms with Crippen LogP contribution in [0.3, 0.4) is 0 Å². The fourth-order valence-electron chi connectivity index (χ4n) is 2.75. The van der Waals surface area contributed by atoms with Crippen LogP contribution in [0.2, 0.25) is 0 Å². The number of hydrogen-bond acceptors (Lipinski definition) is 5. The lowest BCUT2D eigenvalue weighted by atomic mass is 10.2. The van der Waals surface area contributed by atoms with Crippen molar-refractivity contribution in [1.29, 1.82) is 0 Å². The maximum Gasteiger partial charge on any atom is 0.291 e. The number of hydrogen-bond donors (Lipinski definition) is 1. The molecule has 1 N–H and O–H groups in total. The first-order chi connectivity index (χ1) is 13.7. The summed E-state index contributed by atoms with van der Waals surface area (Å²) in [6.07, 6.45) is 1.56. The number of benzene rings is 2. The van der Waals surface area contributed by atoms with Crippen molar-refractivity contribution in [1.82, 2.24) is 20.1 Å². The van der Waals surface area contributed by atoms with Crippen LogP contribution in [0.5, 0.6) is 5.75 Å². The van der Waals surface area contributed by atoms with E-state index in [4.69, 9.17) is 9.15 Å². The number of amides is 1. The summed E-state index contributed by atoms with van der Waals surface area (Å²) in [5, 5.41) is 7.21. The number of methoxy groups -OCH3 is 1. The lowest BCUT2D eigenvalue weighted by molar-refractivity contribution is 0.0937. The molecule has 0 bridgehead atoms. The second kappa shape index (κ2) is 7.79. The van der Waals surface area contributed by atoms with E-state index < -0.39 is 0 Å². The Labute approximate surface area is 161 Å². The maximum atomic E-state index is 12.6. The summed E-state index contributed by atoms with van der Waals surface area (Å²) in [6.45, 7) is 0.267. The van der Waals surface area contributed by atoms with Gasteiger partial charge in [-0.25, -0.2) is 9.67 Å². The molecule has 0 unspecified atom stereocenters. The lowest BCUT2D eigenvalue weighted by Crippen LogP contribution is -2.24. The molecule has 0 atom stereocenters. The predicted molar refractivity (Wildman–Crippen MR) is 103 cm³/mol. The van der Waals surface area contributed by atoms with Crippen LogP contribution in [0.25, 0.3) is 17.1 Å². The Morgan fingerprint density at radius 2 is 1.86 bits per heavy atom. The highest BCUT2D eigenvalue weighted by Crippen LogP contribution is 2.22. The van der Waals surface area contributed by atoms with Crippen LogP contribution in [0.15, 0.2) is 77.4 Å². The topological polar surface area (TPSA) is 82.2 Å². The Kier molecular flexibility index (Phi) is 4.88. The Morgan fingerprint density at radius 3 is 2.54 bits per heavy atom. The van der Waals surface area contributed by atoms with Crippen LogP contribution >= 0.6 is 0 Å². The minimum absolute atomic E-state index is 0.0845. The highest BCUT2D eigenvalue weighted by atomic mass is 16.5. The van der Waals surface area contributed by atoms with Crippen molar-refractivity contribution >= 4 is 5.91 Å². The Balaban J connectivity index is 1.68. The third kappa shape index (κ3) is 3.64. The smallest absolute Gasteiger partial charge is 0.291 e. The molecule has 0 aliphatic heterocycles. The van der Waals surface area contributed by atoms with Gasteiger partial charge in [0.05, 0.1) is 25.6 Å². The van der Waals surface area contributed by atoms with Crippen molar-refractivity contribution in [2.24, 2.45) is 0 Å². The van der Waals surface area contributed by atoms with E-state index in [-0.39, 0.29) is 18.3 Å². The van der Waals surface area contributed by atoms with Crippen LogP contribution in [0, 0.1) is 0 Å². The second-order valence-corrected chi connectivity index (χ2v) is 6.00. The van der Waals surface area contributed by atoms with Gasteiger partial charge in [0, 0.05) is 5.56 Å². The molecule has 7 heteroatoms. The van der Waals surface area contributed by atoms with Gasteiger partial charge in [-0.3, -0.25) is 4.79 Å². The van der Waals surface area contributed by atoms with Crippen molar-refractivity contribution < 1.29 is 13.9 Å². The second-order valence-electron chi connectivity index (χ2n) is 6.00. The molecule has 2 aromatic carbocycles. The molecule has 0 radical (unpaired) electrons. The Hall–Kier alpha value is -3.87. The van der Waals surface area contributed by atoms with Crippen molar-refractivity contribution in [3.63, 3.8) is 0 Å². The van der Waals surface area contributed by atoms with Gasteiger partial charge >= 0.3 is 0 Å². The highest BCUT2D eigenvalue weighted by molar-refractivity contribution is 5.90. The summed E-state index contributed by atoms with van der Waals surface area (Å²) >= 11 is 0. The first-order valence-corrected chi connectivity index (χ1v) is 8.72. The number of ether oxygens (including phenoxy) is 1. The van der Waals surface area contributed by atoms with Crippen LogP contribution in [-0.2, 0) is 6.54 Å². The molecular weight excluding hydrogens is 356 g/mol. The van der Waals surface area contributed by atoms with Gasteiger partial charge in [0.15, 0.2) is 5.82 Å². The van der Waals surface area contributed by atoms with E-state index in [1.54, 1.807) is 30.2 Å². The number of carbonyl (C=O) groups is 1. The molecule has 2 heterocycles. The maximum absolute atomic E-state index is 12.6. The highest BCUT2D eigenvalue weighted by Gasteiger charge is 2.19. The van der Waals surface area contributed by atoms with Gasteiger partial charge in [-0.05, 0) is 36.4 Å². The molecule has 0 saturated heterocycles. The lowest BCUT2D eigenvalue weighted by Gasteiger charge is -2.07. The van der Waals surface area contributed by atoms with Crippen LogP contribution in [0.1, 0.15) is 16.4 Å². The van der Waals surface area contributed by atoms with Crippen molar-refractivity contribution in [3.8, 4) is 22.8 Å². The van der Waals surface area contributed by atoms with E-state index in [1.165, 1.54) is 0 Å². The van der Waals surface area contributed by atoms with Crippen molar-refractivity contribution in [3.05, 3.63) is 84.6 Å². The Morgan fingerprint density at radius 1 is 1.07 bits per heavy atom. The van der Waals surface area contributed by atoms with Crippen molar-refractivity contribution in [2.75, 3.05) is 7.11 Å². The van der Waals surface area contributed by atoms with E-state index in [9.17, 15) is 4.79 Å². The van der Waals surface area contributed by atoms with E-state index in [0.717, 1.165) is 17.0 Å². The molecule has 0 fully saturated rings. The minimum atomic E-state index is -0.374. The molecular formula is C21H18N4O3. The monoisotopic (exact) mass is 374 g/mol. The third-order valence-electron chi connectivity index (χ3n) is 4.16. The zero-order valence-corrected chi connectivity index (χ0v) is 15.2. The minimum Gasteiger partial charge on any atom is -0.497 e. The van der Waals surface area contributed by atoms with Gasteiger partial charge in [0.1, 0.15) is 11.5 Å². The van der Waals surface area contributed by atoms with Gasteiger partial charge in [-0.2, -0.15) is 0 Å². The standard InChI is InChI=1S/C21H18N4O3/c1-27-17-11-9-16(10-12-17)25-20(15-6-3-2-4-7-15)23-19(24-25)21(26)22-14-18-8-5-13-28-18/h2-13H,14H2,1H3,(H,22,26). The first kappa shape index (κ1) is 17.5. The molecule has 4 aromatic rings. The number of aromatic nitrogens is 3. The molecule has 0 aliphatic carbocycles. The number of furan rings is 1. The zero-order valence-electron chi connectivity index (χ0n) is 15.2. The molecule has 1 amide bonds. The van der Waals surface area contributed by atoms with Crippen LogP contribution in [-0.4, -0.2) is 27.8 Å². The van der Waals surface area contributed by atoms with Gasteiger partial charge in [-0.1, -0.05) is 30.3 Å². The summed E-state index contributed by atoms with van der Waals surface area (Å²) in [7, 11) is 1.61. The van der Waals surface area contributed by atoms with E-state index >= 15 is 0 Å². The molecule has 140 valence electrons. The van der Waals surface area contributed by atoms with Gasteiger partial charge in [0.25, 0.3) is 5.91 Å². The molecule has 4 rings (SSSR count). The van der Waals surface area contributed by atoms with Gasteiger partial charge < -0.3 is 14.5 Å². The fourth-order valence-corrected chi connectivity index (χ4v) is 2.75. The number of nitrogens with one attached hydrogen (secondary N) is 1. The molecule has 2 aromatic heterocycles. The number of carbonyl (C=O) groups excluding carboxylic acids is 1. The van der Waals surface area contributed by atoms with Crippen LogP contribution < -0.4 is 10.1 Å². The quantitative estimate of drug-likeness (QED) is 0.559. The average molecular weight is 374 g/mol. The zero-order chi connectivity index (χ0) is 19.3. The molecule has 0 aliphatic rings. The fraction of sp³-hybridized carbons (Fsp3) is 0.0952. The number of nitrogens with zero attached hydrogens (tertiary/aromatic N) is 3. The van der Waals surface area contributed by atoms with Crippen molar-refractivity contribution in [2.45, 2.75) is 6.54 Å². The molecule has 28 heavy (non-hydrogen) atoms. The summed E-state index contributed by atoms with van der Waals surface area (Å²) < 4.78 is 12.1. The third-order valence-corrected chi connectivity index (χ3v) is 4.16. The Bertz CT molecular complexity index is 1060. The summed E-state index contributed by atoms with van der Waals surface area (Å²) in [5.41, 5.74) is 1.63. The van der Waals surface area contributed by atoms with Gasteiger partial charge in [-0.15, -0.1) is 5.10 Å². The van der Waals surface area contributed by atoms with Gasteiger partial charge in [0.2, 0.25) is 5.82 Å². The normalized spacial score (nSPS) is 10.6. The molecule has 7 nitrogen and oxygen atoms in total. The summed E-state index contributed by atoms with van der Waals surface area (Å²) in [5.74, 6) is 1.68. The first-order valence-electron chi connectivity index (χ1n) is 8.72. The molecule has 0 spiro atoms. The van der Waals surface area contributed by atoms with E-state index in [0.29, 0.717) is 11.6 Å². The number of rotatable bonds is 6. The predicted octanol–water partition coefficient (Wildman–Crippen LogP) is 3.47. The SMILES string of the molecule is COc1ccc(-n2nc(C(=O)NCc3ccco3)nc2-c2ccccc2)cc1. The van der Waals surface area contributed by atoms with E-state index in [2.05, 4.69) is 15.4 Å². The summed E-state index contributed by atoms with van der Waals surface area (Å²) in [4.78, 5) is 17.0.